The topological polar surface area (TPSA) is 0 Å². The summed E-state index contributed by atoms with van der Waals surface area (Å²) in [5.74, 6) is 1.69. The lowest BCUT2D eigenvalue weighted by Gasteiger charge is -2.30. The molecule has 0 fully saturated rings. The smallest absolute Gasteiger partial charge is 0.0136 e. The van der Waals surface area contributed by atoms with Crippen LogP contribution in [0.5, 0.6) is 0 Å². The predicted octanol–water partition coefficient (Wildman–Crippen LogP) is 3.76. The molecule has 1 aliphatic rings. The first-order valence-electron chi connectivity index (χ1n) is 5.40. The van der Waals surface area contributed by atoms with Gasteiger partial charge in [0.05, 0.1) is 0 Å². The molecule has 70 valence electrons. The molecule has 0 radical (unpaired) electrons. The third-order valence-electron chi connectivity index (χ3n) is 3.45. The van der Waals surface area contributed by atoms with Gasteiger partial charge in [-0.05, 0) is 42.2 Å². The zero-order valence-corrected chi connectivity index (χ0v) is 8.59. The van der Waals surface area contributed by atoms with Crippen LogP contribution in [0.4, 0.5) is 0 Å². The molecule has 0 spiro atoms. The third-order valence-corrected chi connectivity index (χ3v) is 3.45. The largest absolute Gasteiger partial charge is 0.0648 e. The number of rotatable bonds is 1. The maximum absolute atomic E-state index is 2.39. The first-order chi connectivity index (χ1) is 6.33. The van der Waals surface area contributed by atoms with E-state index in [4.69, 9.17) is 0 Å². The Labute approximate surface area is 81.0 Å². The second-order valence-corrected chi connectivity index (χ2v) is 4.23. The molecular formula is C13H18. The van der Waals surface area contributed by atoms with Crippen molar-refractivity contribution in [3.05, 3.63) is 35.4 Å². The number of hydrogen-bond donors (Lipinski definition) is 0. The van der Waals surface area contributed by atoms with Crippen LogP contribution in [-0.4, -0.2) is 0 Å². The van der Waals surface area contributed by atoms with Gasteiger partial charge >= 0.3 is 0 Å². The van der Waals surface area contributed by atoms with Crippen molar-refractivity contribution < 1.29 is 0 Å². The number of aryl methyl sites for hydroxylation is 1. The molecule has 2 atom stereocenters. The molecule has 2 rings (SSSR count). The fraction of sp³-hybridized carbons (Fsp3) is 0.538. The first-order valence-corrected chi connectivity index (χ1v) is 5.40. The quantitative estimate of drug-likeness (QED) is 0.608. The summed E-state index contributed by atoms with van der Waals surface area (Å²) < 4.78 is 0. The van der Waals surface area contributed by atoms with Gasteiger partial charge < -0.3 is 0 Å². The summed E-state index contributed by atoms with van der Waals surface area (Å²) in [6, 6.07) is 8.96. The Bertz CT molecular complexity index is 288. The lowest BCUT2D eigenvalue weighted by Crippen LogP contribution is -2.17. The van der Waals surface area contributed by atoms with Crippen molar-refractivity contribution in [1.29, 1.82) is 0 Å². The zero-order chi connectivity index (χ0) is 9.26. The molecule has 0 aliphatic heterocycles. The Kier molecular flexibility index (Phi) is 2.39. The summed E-state index contributed by atoms with van der Waals surface area (Å²) in [7, 11) is 0. The lowest BCUT2D eigenvalue weighted by molar-refractivity contribution is 0.394. The molecule has 0 bridgehead atoms. The van der Waals surface area contributed by atoms with Gasteiger partial charge in [-0.3, -0.25) is 0 Å². The number of hydrogen-bond acceptors (Lipinski definition) is 0. The van der Waals surface area contributed by atoms with Gasteiger partial charge in [-0.1, -0.05) is 38.1 Å². The van der Waals surface area contributed by atoms with E-state index in [0.717, 1.165) is 11.8 Å². The van der Waals surface area contributed by atoms with Crippen LogP contribution < -0.4 is 0 Å². The van der Waals surface area contributed by atoms with Gasteiger partial charge in [0.1, 0.15) is 0 Å². The zero-order valence-electron chi connectivity index (χ0n) is 8.59. The fourth-order valence-electron chi connectivity index (χ4n) is 2.64. The van der Waals surface area contributed by atoms with Gasteiger partial charge in [0.15, 0.2) is 0 Å². The maximum Gasteiger partial charge on any atom is -0.0136 e. The Morgan fingerprint density at radius 2 is 2.08 bits per heavy atom. The normalized spacial score (nSPS) is 26.9. The van der Waals surface area contributed by atoms with Crippen molar-refractivity contribution in [3.63, 3.8) is 0 Å². The molecule has 0 saturated heterocycles. The lowest BCUT2D eigenvalue weighted by atomic mass is 9.75. The van der Waals surface area contributed by atoms with Gasteiger partial charge in [-0.15, -0.1) is 0 Å². The van der Waals surface area contributed by atoms with Gasteiger partial charge in [0.25, 0.3) is 0 Å². The van der Waals surface area contributed by atoms with E-state index in [1.165, 1.54) is 19.3 Å². The Morgan fingerprint density at radius 3 is 2.85 bits per heavy atom. The summed E-state index contributed by atoms with van der Waals surface area (Å²) in [6.07, 6.45) is 3.95. The SMILES string of the molecule is CC[C@@H]1c2ccccc2CCC1C. The van der Waals surface area contributed by atoms with Gasteiger partial charge in [-0.25, -0.2) is 0 Å². The van der Waals surface area contributed by atoms with E-state index >= 15 is 0 Å². The minimum Gasteiger partial charge on any atom is -0.0648 e. The highest BCUT2D eigenvalue weighted by Crippen LogP contribution is 2.37. The molecule has 0 saturated carbocycles. The predicted molar refractivity (Wildman–Crippen MR) is 57.0 cm³/mol. The summed E-state index contributed by atoms with van der Waals surface area (Å²) in [5, 5.41) is 0. The van der Waals surface area contributed by atoms with Crippen LogP contribution in [0.15, 0.2) is 24.3 Å². The molecule has 0 amide bonds. The minimum atomic E-state index is 0.810. The molecular weight excluding hydrogens is 156 g/mol. The van der Waals surface area contributed by atoms with Crippen LogP contribution in [0.25, 0.3) is 0 Å². The van der Waals surface area contributed by atoms with E-state index in [1.54, 1.807) is 11.1 Å². The van der Waals surface area contributed by atoms with Crippen molar-refractivity contribution in [2.45, 2.75) is 39.0 Å². The van der Waals surface area contributed by atoms with Crippen LogP contribution in [0.2, 0.25) is 0 Å². The maximum atomic E-state index is 2.39. The monoisotopic (exact) mass is 174 g/mol. The van der Waals surface area contributed by atoms with Crippen LogP contribution in [0, 0.1) is 5.92 Å². The average molecular weight is 174 g/mol. The third kappa shape index (κ3) is 1.50. The molecule has 0 aromatic heterocycles. The van der Waals surface area contributed by atoms with E-state index < -0.39 is 0 Å². The van der Waals surface area contributed by atoms with Crippen LogP contribution >= 0.6 is 0 Å². The highest BCUT2D eigenvalue weighted by Gasteiger charge is 2.24. The molecule has 0 heteroatoms. The summed E-state index contributed by atoms with van der Waals surface area (Å²) >= 11 is 0. The number of fused-ring (bicyclic) bond motifs is 1. The van der Waals surface area contributed by atoms with Gasteiger partial charge in [0.2, 0.25) is 0 Å². The highest BCUT2D eigenvalue weighted by atomic mass is 14.3. The number of benzene rings is 1. The van der Waals surface area contributed by atoms with E-state index in [1.807, 2.05) is 0 Å². The van der Waals surface area contributed by atoms with Gasteiger partial charge in [0, 0.05) is 0 Å². The van der Waals surface area contributed by atoms with E-state index in [0.29, 0.717) is 0 Å². The van der Waals surface area contributed by atoms with E-state index in [2.05, 4.69) is 38.1 Å². The Hall–Kier alpha value is -0.780. The fourth-order valence-corrected chi connectivity index (χ4v) is 2.64. The standard InChI is InChI=1S/C13H18/c1-3-12-10(2)8-9-11-6-4-5-7-13(11)12/h4-7,10,12H,3,8-9H2,1-2H3/t10?,12-/m0/s1. The molecule has 1 unspecified atom stereocenters. The second-order valence-electron chi connectivity index (χ2n) is 4.23. The molecule has 13 heavy (non-hydrogen) atoms. The molecule has 1 aliphatic carbocycles. The van der Waals surface area contributed by atoms with E-state index in [-0.39, 0.29) is 0 Å². The van der Waals surface area contributed by atoms with Crippen molar-refractivity contribution in [2.75, 3.05) is 0 Å². The van der Waals surface area contributed by atoms with Crippen LogP contribution in [0.1, 0.15) is 43.7 Å². The first kappa shape index (κ1) is 8.80. The summed E-state index contributed by atoms with van der Waals surface area (Å²) in [4.78, 5) is 0. The summed E-state index contributed by atoms with van der Waals surface area (Å²) in [6.45, 7) is 4.70. The molecule has 1 aromatic carbocycles. The summed E-state index contributed by atoms with van der Waals surface area (Å²) in [5.41, 5.74) is 3.20. The Balaban J connectivity index is 2.39. The van der Waals surface area contributed by atoms with E-state index in [9.17, 15) is 0 Å². The minimum absolute atomic E-state index is 0.810. The van der Waals surface area contributed by atoms with Crippen molar-refractivity contribution in [3.8, 4) is 0 Å². The van der Waals surface area contributed by atoms with Crippen molar-refractivity contribution in [1.82, 2.24) is 0 Å². The average Bonchev–Trinajstić information content (AvgIpc) is 2.18. The van der Waals surface area contributed by atoms with Crippen LogP contribution in [0.3, 0.4) is 0 Å². The van der Waals surface area contributed by atoms with Crippen molar-refractivity contribution >= 4 is 0 Å². The molecule has 0 nitrogen and oxygen atoms in total. The van der Waals surface area contributed by atoms with Crippen molar-refractivity contribution in [2.24, 2.45) is 5.92 Å². The molecule has 0 heterocycles. The highest BCUT2D eigenvalue weighted by molar-refractivity contribution is 5.33. The Morgan fingerprint density at radius 1 is 1.31 bits per heavy atom. The molecule has 1 aromatic rings. The molecule has 0 N–H and O–H groups in total. The van der Waals surface area contributed by atoms with Gasteiger partial charge in [-0.2, -0.15) is 0 Å². The van der Waals surface area contributed by atoms with Crippen LogP contribution in [-0.2, 0) is 6.42 Å². The second kappa shape index (κ2) is 3.53.